The van der Waals surface area contributed by atoms with E-state index in [1.807, 2.05) is 13.0 Å². The number of halogens is 2. The molecule has 8 heteroatoms. The Balaban J connectivity index is 0.00000441. The van der Waals surface area contributed by atoms with E-state index in [4.69, 9.17) is 16.3 Å². The van der Waals surface area contributed by atoms with Gasteiger partial charge in [0.15, 0.2) is 0 Å². The summed E-state index contributed by atoms with van der Waals surface area (Å²) in [6.07, 6.45) is 1.79. The van der Waals surface area contributed by atoms with Crippen LogP contribution in [0.25, 0.3) is 0 Å². The van der Waals surface area contributed by atoms with Gasteiger partial charge in [0, 0.05) is 26.7 Å². The molecule has 1 aromatic carbocycles. The molecule has 0 unspecified atom stereocenters. The summed E-state index contributed by atoms with van der Waals surface area (Å²) < 4.78 is 31.9. The molecular formula is C14H24Cl2N2O3S. The zero-order valence-electron chi connectivity index (χ0n) is 12.9. The first kappa shape index (κ1) is 21.6. The van der Waals surface area contributed by atoms with Crippen LogP contribution in [0.4, 0.5) is 0 Å². The molecule has 0 aliphatic carbocycles. The maximum Gasteiger partial charge on any atom is 0.242 e. The van der Waals surface area contributed by atoms with E-state index >= 15 is 0 Å². The highest BCUT2D eigenvalue weighted by Gasteiger charge is 2.17. The second-order valence-corrected chi connectivity index (χ2v) is 6.80. The van der Waals surface area contributed by atoms with Crippen molar-refractivity contribution in [3.8, 4) is 0 Å². The summed E-state index contributed by atoms with van der Waals surface area (Å²) in [7, 11) is -1.96. The SMILES string of the molecule is CCCc1ccc(Cl)c(S(=O)(=O)NCCNCCOC)c1.Cl. The molecule has 0 heterocycles. The van der Waals surface area contributed by atoms with E-state index < -0.39 is 10.0 Å². The molecule has 0 spiro atoms. The minimum atomic E-state index is -3.58. The van der Waals surface area contributed by atoms with Crippen LogP contribution in [-0.2, 0) is 21.2 Å². The summed E-state index contributed by atoms with van der Waals surface area (Å²) >= 11 is 6.01. The molecule has 0 radical (unpaired) electrons. The third-order valence-electron chi connectivity index (χ3n) is 2.90. The molecule has 0 aliphatic rings. The zero-order valence-corrected chi connectivity index (χ0v) is 15.3. The van der Waals surface area contributed by atoms with Crippen LogP contribution in [0, 0.1) is 0 Å². The van der Waals surface area contributed by atoms with Crippen LogP contribution in [-0.4, -0.2) is 41.8 Å². The molecule has 0 aromatic heterocycles. The normalized spacial score (nSPS) is 11.2. The Morgan fingerprint density at radius 3 is 2.59 bits per heavy atom. The van der Waals surface area contributed by atoms with E-state index in [-0.39, 0.29) is 22.3 Å². The van der Waals surface area contributed by atoms with Crippen LogP contribution in [0.2, 0.25) is 5.02 Å². The van der Waals surface area contributed by atoms with Gasteiger partial charge in [0.1, 0.15) is 4.90 Å². The Hall–Kier alpha value is -0.370. The standard InChI is InChI=1S/C14H23ClN2O3S.ClH/c1-3-4-12-5-6-13(15)14(11-12)21(18,19)17-8-7-16-9-10-20-2;/h5-6,11,16-17H,3-4,7-10H2,1-2H3;1H. The van der Waals surface area contributed by atoms with Crippen molar-refractivity contribution in [1.29, 1.82) is 0 Å². The van der Waals surface area contributed by atoms with Crippen LogP contribution < -0.4 is 10.0 Å². The molecule has 5 nitrogen and oxygen atoms in total. The van der Waals surface area contributed by atoms with Crippen molar-refractivity contribution in [3.05, 3.63) is 28.8 Å². The Morgan fingerprint density at radius 2 is 1.95 bits per heavy atom. The first-order valence-corrected chi connectivity index (χ1v) is 8.85. The number of rotatable bonds is 10. The summed E-state index contributed by atoms with van der Waals surface area (Å²) in [4.78, 5) is 0.145. The number of hydrogen-bond acceptors (Lipinski definition) is 4. The molecule has 0 fully saturated rings. The number of ether oxygens (including phenoxy) is 1. The molecule has 22 heavy (non-hydrogen) atoms. The van der Waals surface area contributed by atoms with Crippen LogP contribution in [0.15, 0.2) is 23.1 Å². The fourth-order valence-corrected chi connectivity index (χ4v) is 3.43. The Labute approximate surface area is 144 Å². The van der Waals surface area contributed by atoms with Gasteiger partial charge in [-0.1, -0.05) is 31.0 Å². The van der Waals surface area contributed by atoms with Gasteiger partial charge in [-0.3, -0.25) is 0 Å². The van der Waals surface area contributed by atoms with Gasteiger partial charge < -0.3 is 10.1 Å². The lowest BCUT2D eigenvalue weighted by atomic mass is 10.1. The molecule has 2 N–H and O–H groups in total. The second kappa shape index (κ2) is 11.2. The summed E-state index contributed by atoms with van der Waals surface area (Å²) in [5.41, 5.74) is 0.973. The first-order valence-electron chi connectivity index (χ1n) is 6.99. The van der Waals surface area contributed by atoms with E-state index in [0.717, 1.165) is 18.4 Å². The van der Waals surface area contributed by atoms with Gasteiger partial charge in [0.25, 0.3) is 0 Å². The molecular weight excluding hydrogens is 347 g/mol. The number of hydrogen-bond donors (Lipinski definition) is 2. The largest absolute Gasteiger partial charge is 0.383 e. The molecule has 128 valence electrons. The molecule has 0 amide bonds. The van der Waals surface area contributed by atoms with E-state index in [1.165, 1.54) is 0 Å². The Kier molecular flexibility index (Phi) is 11.0. The second-order valence-electron chi connectivity index (χ2n) is 4.66. The zero-order chi connectivity index (χ0) is 15.7. The molecule has 0 bridgehead atoms. The van der Waals surface area contributed by atoms with Crippen molar-refractivity contribution in [2.75, 3.05) is 33.4 Å². The maximum absolute atomic E-state index is 12.3. The summed E-state index contributed by atoms with van der Waals surface area (Å²) in [5, 5.41) is 3.32. The van der Waals surface area contributed by atoms with Crippen LogP contribution in [0.5, 0.6) is 0 Å². The highest BCUT2D eigenvalue weighted by atomic mass is 35.5. The summed E-state index contributed by atoms with van der Waals surface area (Å²) in [6, 6.07) is 5.14. The van der Waals surface area contributed by atoms with Gasteiger partial charge in [-0.15, -0.1) is 12.4 Å². The smallest absolute Gasteiger partial charge is 0.242 e. The number of aryl methyl sites for hydroxylation is 1. The molecule has 0 saturated heterocycles. The minimum absolute atomic E-state index is 0. The third-order valence-corrected chi connectivity index (χ3v) is 4.84. The summed E-state index contributed by atoms with van der Waals surface area (Å²) in [6.45, 7) is 4.17. The van der Waals surface area contributed by atoms with Gasteiger partial charge in [-0.25, -0.2) is 13.1 Å². The fraction of sp³-hybridized carbons (Fsp3) is 0.571. The van der Waals surface area contributed by atoms with Gasteiger partial charge in [-0.05, 0) is 24.1 Å². The van der Waals surface area contributed by atoms with Crippen molar-refractivity contribution in [3.63, 3.8) is 0 Å². The number of benzene rings is 1. The van der Waals surface area contributed by atoms with Gasteiger partial charge >= 0.3 is 0 Å². The maximum atomic E-state index is 12.3. The molecule has 1 rings (SSSR count). The van der Waals surface area contributed by atoms with E-state index in [1.54, 1.807) is 19.2 Å². The third kappa shape index (κ3) is 7.26. The van der Waals surface area contributed by atoms with Gasteiger partial charge in [0.2, 0.25) is 10.0 Å². The van der Waals surface area contributed by atoms with E-state index in [9.17, 15) is 8.42 Å². The fourth-order valence-electron chi connectivity index (χ4n) is 1.85. The first-order chi connectivity index (χ1) is 10.0. The lowest BCUT2D eigenvalue weighted by molar-refractivity contribution is 0.199. The molecule has 0 saturated carbocycles. The van der Waals surface area contributed by atoms with Gasteiger partial charge in [-0.2, -0.15) is 0 Å². The van der Waals surface area contributed by atoms with Crippen LogP contribution in [0.1, 0.15) is 18.9 Å². The van der Waals surface area contributed by atoms with E-state index in [2.05, 4.69) is 10.0 Å². The average Bonchev–Trinajstić information content (AvgIpc) is 2.45. The lowest BCUT2D eigenvalue weighted by Gasteiger charge is -2.10. The van der Waals surface area contributed by atoms with Crippen molar-refractivity contribution in [2.45, 2.75) is 24.7 Å². The number of methoxy groups -OCH3 is 1. The van der Waals surface area contributed by atoms with Gasteiger partial charge in [0.05, 0.1) is 11.6 Å². The minimum Gasteiger partial charge on any atom is -0.383 e. The molecule has 0 atom stereocenters. The van der Waals surface area contributed by atoms with Crippen LogP contribution in [0.3, 0.4) is 0 Å². The number of sulfonamides is 1. The average molecular weight is 371 g/mol. The quantitative estimate of drug-likeness (QED) is 0.619. The predicted molar refractivity (Wildman–Crippen MR) is 92.6 cm³/mol. The monoisotopic (exact) mass is 370 g/mol. The predicted octanol–water partition coefficient (Wildman–Crippen LogP) is 2.23. The highest BCUT2D eigenvalue weighted by molar-refractivity contribution is 7.89. The van der Waals surface area contributed by atoms with E-state index in [0.29, 0.717) is 26.2 Å². The van der Waals surface area contributed by atoms with Crippen molar-refractivity contribution >= 4 is 34.0 Å². The summed E-state index contributed by atoms with van der Waals surface area (Å²) in [5.74, 6) is 0. The Bertz CT molecular complexity index is 539. The van der Waals surface area contributed by atoms with Crippen molar-refractivity contribution < 1.29 is 13.2 Å². The molecule has 1 aromatic rings. The molecule has 0 aliphatic heterocycles. The Morgan fingerprint density at radius 1 is 1.23 bits per heavy atom. The highest BCUT2D eigenvalue weighted by Crippen LogP contribution is 2.23. The number of nitrogens with one attached hydrogen (secondary N) is 2. The van der Waals surface area contributed by atoms with Crippen molar-refractivity contribution in [1.82, 2.24) is 10.0 Å². The topological polar surface area (TPSA) is 67.4 Å². The lowest BCUT2D eigenvalue weighted by Crippen LogP contribution is -2.33. The van der Waals surface area contributed by atoms with Crippen LogP contribution >= 0.6 is 24.0 Å². The van der Waals surface area contributed by atoms with Crippen molar-refractivity contribution in [2.24, 2.45) is 0 Å².